The molecule has 0 radical (unpaired) electrons. The van der Waals surface area contributed by atoms with Gasteiger partial charge in [-0.15, -0.1) is 0 Å². The molecule has 0 aliphatic carbocycles. The van der Waals surface area contributed by atoms with E-state index in [1.165, 1.54) is 17.1 Å². The predicted molar refractivity (Wildman–Crippen MR) is 117 cm³/mol. The van der Waals surface area contributed by atoms with Crippen LogP contribution in [0.4, 0.5) is 17.1 Å². The monoisotopic (exact) mass is 421 g/mol. The Balaban J connectivity index is 1.43. The fraction of sp³-hybridized carbons (Fsp3) is 0.318. The molecule has 0 aromatic heterocycles. The van der Waals surface area contributed by atoms with Gasteiger partial charge in [0.1, 0.15) is 5.71 Å². The number of hydrogen-bond donors (Lipinski definition) is 0. The number of carbonyl (C=O) groups is 2. The van der Waals surface area contributed by atoms with E-state index >= 15 is 0 Å². The second-order valence-corrected chi connectivity index (χ2v) is 7.59. The Morgan fingerprint density at radius 1 is 1.00 bits per heavy atom. The maximum absolute atomic E-state index is 13.0. The Bertz CT molecular complexity index is 1040. The Morgan fingerprint density at radius 2 is 1.68 bits per heavy atom. The van der Waals surface area contributed by atoms with Gasteiger partial charge in [0.05, 0.1) is 10.6 Å². The van der Waals surface area contributed by atoms with Crippen molar-refractivity contribution in [3.63, 3.8) is 0 Å². The molecule has 2 aromatic rings. The first-order valence-electron chi connectivity index (χ1n) is 10.2. The van der Waals surface area contributed by atoms with Crippen molar-refractivity contribution >= 4 is 34.6 Å². The topological polar surface area (TPSA) is 99.4 Å². The summed E-state index contributed by atoms with van der Waals surface area (Å²) in [6, 6.07) is 13.9. The molecule has 0 N–H and O–H groups in total. The zero-order chi connectivity index (χ0) is 22.0. The highest BCUT2D eigenvalue weighted by atomic mass is 16.6. The number of non-ortho nitro benzene ring substituents is 1. The molecule has 9 nitrogen and oxygen atoms in total. The highest BCUT2D eigenvalue weighted by Gasteiger charge is 2.30. The number of nitro groups is 1. The maximum atomic E-state index is 13.0. The number of aryl methyl sites for hydroxylation is 1. The van der Waals surface area contributed by atoms with Crippen LogP contribution in [0.5, 0.6) is 0 Å². The number of piperazine rings is 1. The Morgan fingerprint density at radius 3 is 2.32 bits per heavy atom. The highest BCUT2D eigenvalue weighted by Crippen LogP contribution is 2.25. The van der Waals surface area contributed by atoms with E-state index in [0.29, 0.717) is 44.0 Å². The minimum atomic E-state index is -0.420. The van der Waals surface area contributed by atoms with Gasteiger partial charge >= 0.3 is 0 Å². The third kappa shape index (κ3) is 4.25. The lowest BCUT2D eigenvalue weighted by molar-refractivity contribution is -0.384. The third-order valence-corrected chi connectivity index (χ3v) is 5.62. The molecule has 31 heavy (non-hydrogen) atoms. The van der Waals surface area contributed by atoms with Crippen LogP contribution in [0.3, 0.4) is 0 Å². The summed E-state index contributed by atoms with van der Waals surface area (Å²) >= 11 is 0. The van der Waals surface area contributed by atoms with E-state index in [9.17, 15) is 19.7 Å². The first-order valence-corrected chi connectivity index (χ1v) is 10.2. The molecular weight excluding hydrogens is 398 g/mol. The second-order valence-electron chi connectivity index (χ2n) is 7.59. The molecule has 4 rings (SSSR count). The minimum Gasteiger partial charge on any atom is -0.368 e. The zero-order valence-corrected chi connectivity index (χ0v) is 17.2. The fourth-order valence-corrected chi connectivity index (χ4v) is 3.83. The second kappa shape index (κ2) is 8.55. The fourth-order valence-electron chi connectivity index (χ4n) is 3.83. The van der Waals surface area contributed by atoms with Gasteiger partial charge in [-0.2, -0.15) is 5.10 Å². The largest absolute Gasteiger partial charge is 0.368 e. The van der Waals surface area contributed by atoms with Crippen molar-refractivity contribution in [2.45, 2.75) is 19.8 Å². The lowest BCUT2D eigenvalue weighted by Crippen LogP contribution is -2.51. The van der Waals surface area contributed by atoms with Gasteiger partial charge in [-0.1, -0.05) is 18.2 Å². The number of para-hydroxylation sites is 1. The summed E-state index contributed by atoms with van der Waals surface area (Å²) in [5.74, 6) is -0.261. The normalized spacial score (nSPS) is 16.9. The standard InChI is InChI=1S/C22H23N5O4/c1-16-4-2-3-5-20(16)26-21(28)11-10-19(23-26)22(29)25-14-12-24(13-15-25)17-6-8-18(9-7-17)27(30)31/h2-9H,10-15H2,1H3. The van der Waals surface area contributed by atoms with Crippen LogP contribution < -0.4 is 9.91 Å². The average Bonchev–Trinajstić information content (AvgIpc) is 2.80. The number of amides is 2. The summed E-state index contributed by atoms with van der Waals surface area (Å²) in [6.45, 7) is 4.19. The van der Waals surface area contributed by atoms with Gasteiger partial charge in [0.2, 0.25) is 5.91 Å². The molecule has 2 heterocycles. The summed E-state index contributed by atoms with van der Waals surface area (Å²) < 4.78 is 0. The van der Waals surface area contributed by atoms with Crippen LogP contribution in [0.2, 0.25) is 0 Å². The van der Waals surface area contributed by atoms with E-state index in [1.54, 1.807) is 17.0 Å². The summed E-state index contributed by atoms with van der Waals surface area (Å²) in [7, 11) is 0. The molecule has 0 spiro atoms. The lowest BCUT2D eigenvalue weighted by Gasteiger charge is -2.36. The van der Waals surface area contributed by atoms with Crippen LogP contribution in [-0.2, 0) is 9.59 Å². The van der Waals surface area contributed by atoms with Crippen molar-refractivity contribution in [1.29, 1.82) is 0 Å². The molecule has 0 bridgehead atoms. The number of carbonyl (C=O) groups excluding carboxylic acids is 2. The lowest BCUT2D eigenvalue weighted by atomic mass is 10.1. The summed E-state index contributed by atoms with van der Waals surface area (Å²) in [5.41, 5.74) is 2.96. The number of benzene rings is 2. The van der Waals surface area contributed by atoms with Crippen LogP contribution in [-0.4, -0.2) is 53.5 Å². The first kappa shape index (κ1) is 20.5. The molecular formula is C22H23N5O4. The van der Waals surface area contributed by atoms with Crippen molar-refractivity contribution in [2.24, 2.45) is 5.10 Å². The summed E-state index contributed by atoms with van der Waals surface area (Å²) in [4.78, 5) is 39.7. The van der Waals surface area contributed by atoms with Crippen molar-refractivity contribution in [3.8, 4) is 0 Å². The van der Waals surface area contributed by atoms with Crippen LogP contribution in [0, 0.1) is 17.0 Å². The van der Waals surface area contributed by atoms with Crippen molar-refractivity contribution in [3.05, 3.63) is 64.2 Å². The summed E-state index contributed by atoms with van der Waals surface area (Å²) in [5, 5.41) is 16.6. The van der Waals surface area contributed by atoms with E-state index in [1.807, 2.05) is 31.2 Å². The minimum absolute atomic E-state index is 0.0561. The molecule has 2 aliphatic heterocycles. The molecule has 2 aliphatic rings. The van der Waals surface area contributed by atoms with Crippen LogP contribution in [0.25, 0.3) is 0 Å². The van der Waals surface area contributed by atoms with Crippen molar-refractivity contribution in [1.82, 2.24) is 4.90 Å². The molecule has 0 saturated carbocycles. The van der Waals surface area contributed by atoms with Gasteiger partial charge in [-0.05, 0) is 30.7 Å². The molecule has 2 amide bonds. The average molecular weight is 421 g/mol. The van der Waals surface area contributed by atoms with Crippen LogP contribution in [0.15, 0.2) is 53.6 Å². The summed E-state index contributed by atoms with van der Waals surface area (Å²) in [6.07, 6.45) is 0.588. The number of rotatable bonds is 4. The molecule has 1 fully saturated rings. The number of nitrogens with zero attached hydrogens (tertiary/aromatic N) is 5. The number of hydrogen-bond acceptors (Lipinski definition) is 6. The number of nitro benzene ring substituents is 1. The number of hydrazone groups is 1. The SMILES string of the molecule is Cc1ccccc1N1N=C(C(=O)N2CCN(c3ccc([N+](=O)[O-])cc3)CC2)CCC1=O. The molecule has 0 unspecified atom stereocenters. The van der Waals surface area contributed by atoms with Gasteiger partial charge in [-0.25, -0.2) is 5.01 Å². The van der Waals surface area contributed by atoms with E-state index in [4.69, 9.17) is 0 Å². The molecule has 2 aromatic carbocycles. The van der Waals surface area contributed by atoms with Gasteiger partial charge < -0.3 is 9.80 Å². The predicted octanol–water partition coefficient (Wildman–Crippen LogP) is 2.73. The van der Waals surface area contributed by atoms with Crippen LogP contribution >= 0.6 is 0 Å². The van der Waals surface area contributed by atoms with E-state index in [2.05, 4.69) is 10.0 Å². The quantitative estimate of drug-likeness (QED) is 0.558. The van der Waals surface area contributed by atoms with E-state index < -0.39 is 4.92 Å². The highest BCUT2D eigenvalue weighted by molar-refractivity contribution is 6.40. The maximum Gasteiger partial charge on any atom is 0.270 e. The van der Waals surface area contributed by atoms with Gasteiger partial charge in [0.25, 0.3) is 11.6 Å². The molecule has 0 atom stereocenters. The first-order chi connectivity index (χ1) is 14.9. The molecule has 9 heteroatoms. The van der Waals surface area contributed by atoms with Crippen molar-refractivity contribution < 1.29 is 14.5 Å². The van der Waals surface area contributed by atoms with Crippen LogP contribution in [0.1, 0.15) is 18.4 Å². The van der Waals surface area contributed by atoms with Gasteiger partial charge in [0, 0.05) is 56.8 Å². The molecule has 160 valence electrons. The third-order valence-electron chi connectivity index (χ3n) is 5.62. The zero-order valence-electron chi connectivity index (χ0n) is 17.2. The molecule has 1 saturated heterocycles. The van der Waals surface area contributed by atoms with Gasteiger partial charge in [0.15, 0.2) is 0 Å². The number of anilines is 2. The van der Waals surface area contributed by atoms with E-state index in [-0.39, 0.29) is 23.9 Å². The Hall–Kier alpha value is -3.75. The van der Waals surface area contributed by atoms with Gasteiger partial charge in [-0.3, -0.25) is 19.7 Å². The van der Waals surface area contributed by atoms with E-state index in [0.717, 1.165) is 11.3 Å². The van der Waals surface area contributed by atoms with Crippen molar-refractivity contribution in [2.75, 3.05) is 36.1 Å². The Kier molecular flexibility index (Phi) is 5.66. The Labute approximate surface area is 179 Å². The smallest absolute Gasteiger partial charge is 0.270 e.